The van der Waals surface area contributed by atoms with Crippen LogP contribution in [0.3, 0.4) is 0 Å². The summed E-state index contributed by atoms with van der Waals surface area (Å²) >= 11 is 0. The van der Waals surface area contributed by atoms with Crippen LogP contribution in [-0.4, -0.2) is 47.5 Å². The lowest BCUT2D eigenvalue weighted by molar-refractivity contribution is -0.117. The molecule has 2 heterocycles. The zero-order chi connectivity index (χ0) is 26.1. The molecule has 188 valence electrons. The standard InChI is InChI=1S/C29H27N3O5/c1-4-37-29(35)19-9-13-20(14-10-19)30-24(33)17-32-26(18-11-15-21(36-3)16-12-18)25-22-7-5-6-8-23(22)31(2)27(25)28(32)34/h5-16,26H,4,17H2,1-3H3,(H,30,33). The summed E-state index contributed by atoms with van der Waals surface area (Å²) in [6.45, 7) is 1.89. The molecule has 0 fully saturated rings. The molecular formula is C29H27N3O5. The topological polar surface area (TPSA) is 89.9 Å². The van der Waals surface area contributed by atoms with Gasteiger partial charge in [-0.25, -0.2) is 4.79 Å². The first-order chi connectivity index (χ1) is 17.9. The molecule has 4 aromatic rings. The van der Waals surface area contributed by atoms with Gasteiger partial charge in [-0.05, 0) is 55.0 Å². The van der Waals surface area contributed by atoms with Gasteiger partial charge in [-0.2, -0.15) is 0 Å². The van der Waals surface area contributed by atoms with Crippen molar-refractivity contribution in [3.8, 4) is 5.75 Å². The van der Waals surface area contributed by atoms with Crippen LogP contribution in [0.15, 0.2) is 72.8 Å². The van der Waals surface area contributed by atoms with E-state index in [0.717, 1.165) is 22.0 Å². The molecule has 8 nitrogen and oxygen atoms in total. The Morgan fingerprint density at radius 3 is 2.35 bits per heavy atom. The summed E-state index contributed by atoms with van der Waals surface area (Å²) in [7, 11) is 3.48. The second-order valence-electron chi connectivity index (χ2n) is 8.79. The molecular weight excluding hydrogens is 470 g/mol. The first-order valence-corrected chi connectivity index (χ1v) is 12.0. The van der Waals surface area contributed by atoms with Gasteiger partial charge >= 0.3 is 5.97 Å². The van der Waals surface area contributed by atoms with E-state index in [1.54, 1.807) is 43.2 Å². The molecule has 1 unspecified atom stereocenters. The third-order valence-corrected chi connectivity index (χ3v) is 6.62. The molecule has 0 bridgehead atoms. The number of benzene rings is 3. The van der Waals surface area contributed by atoms with Gasteiger partial charge in [-0.15, -0.1) is 0 Å². The van der Waals surface area contributed by atoms with Crippen molar-refractivity contribution in [2.45, 2.75) is 13.0 Å². The minimum Gasteiger partial charge on any atom is -0.497 e. The summed E-state index contributed by atoms with van der Waals surface area (Å²) in [4.78, 5) is 40.3. The number of hydrogen-bond donors (Lipinski definition) is 1. The highest BCUT2D eigenvalue weighted by Crippen LogP contribution is 2.44. The minimum absolute atomic E-state index is 0.141. The number of amides is 2. The van der Waals surface area contributed by atoms with Gasteiger partial charge < -0.3 is 24.3 Å². The smallest absolute Gasteiger partial charge is 0.338 e. The summed E-state index contributed by atoms with van der Waals surface area (Å²) in [6, 6.07) is 21.5. The number of aromatic nitrogens is 1. The third-order valence-electron chi connectivity index (χ3n) is 6.62. The molecule has 1 atom stereocenters. The van der Waals surface area contributed by atoms with E-state index in [-0.39, 0.29) is 25.0 Å². The number of rotatable bonds is 7. The summed E-state index contributed by atoms with van der Waals surface area (Å²) in [5.74, 6) is -0.257. The average molecular weight is 498 g/mol. The summed E-state index contributed by atoms with van der Waals surface area (Å²) in [5, 5.41) is 3.82. The van der Waals surface area contributed by atoms with Gasteiger partial charge in [-0.1, -0.05) is 30.3 Å². The van der Waals surface area contributed by atoms with E-state index >= 15 is 0 Å². The number of ether oxygens (including phenoxy) is 2. The number of para-hydroxylation sites is 1. The summed E-state index contributed by atoms with van der Waals surface area (Å²) in [6.07, 6.45) is 0. The van der Waals surface area contributed by atoms with E-state index in [0.29, 0.717) is 22.7 Å². The highest BCUT2D eigenvalue weighted by molar-refractivity contribution is 6.08. The van der Waals surface area contributed by atoms with Crippen LogP contribution in [0.2, 0.25) is 0 Å². The molecule has 0 radical (unpaired) electrons. The Kier molecular flexibility index (Phi) is 6.40. The molecule has 0 spiro atoms. The third kappa shape index (κ3) is 4.31. The fourth-order valence-electron chi connectivity index (χ4n) is 4.92. The van der Waals surface area contributed by atoms with Crippen molar-refractivity contribution < 1.29 is 23.9 Å². The van der Waals surface area contributed by atoms with E-state index in [1.165, 1.54) is 0 Å². The van der Waals surface area contributed by atoms with Crippen LogP contribution in [0, 0.1) is 0 Å². The number of nitrogens with one attached hydrogen (secondary N) is 1. The summed E-state index contributed by atoms with van der Waals surface area (Å²) < 4.78 is 12.2. The fraction of sp³-hybridized carbons (Fsp3) is 0.207. The number of hydrogen-bond acceptors (Lipinski definition) is 5. The van der Waals surface area contributed by atoms with Crippen LogP contribution < -0.4 is 10.1 Å². The molecule has 1 aliphatic rings. The minimum atomic E-state index is -0.434. The zero-order valence-corrected chi connectivity index (χ0v) is 20.9. The predicted molar refractivity (Wildman–Crippen MR) is 140 cm³/mol. The summed E-state index contributed by atoms with van der Waals surface area (Å²) in [5.41, 5.74) is 4.24. The highest BCUT2D eigenvalue weighted by Gasteiger charge is 2.42. The van der Waals surface area contributed by atoms with Crippen LogP contribution in [0.1, 0.15) is 44.9 Å². The Morgan fingerprint density at radius 1 is 0.973 bits per heavy atom. The van der Waals surface area contributed by atoms with Crippen LogP contribution in [0.25, 0.3) is 10.9 Å². The first-order valence-electron chi connectivity index (χ1n) is 12.0. The highest BCUT2D eigenvalue weighted by atomic mass is 16.5. The Bertz CT molecular complexity index is 1490. The molecule has 5 rings (SSSR count). The van der Waals surface area contributed by atoms with E-state index in [9.17, 15) is 14.4 Å². The van der Waals surface area contributed by atoms with Crippen LogP contribution in [0.5, 0.6) is 5.75 Å². The maximum Gasteiger partial charge on any atom is 0.338 e. The van der Waals surface area contributed by atoms with Gasteiger partial charge in [0.2, 0.25) is 5.91 Å². The van der Waals surface area contributed by atoms with Gasteiger partial charge in [0, 0.05) is 29.2 Å². The van der Waals surface area contributed by atoms with Crippen molar-refractivity contribution in [1.82, 2.24) is 9.47 Å². The van der Waals surface area contributed by atoms with Gasteiger partial charge in [0.1, 0.15) is 18.0 Å². The second kappa shape index (κ2) is 9.81. The van der Waals surface area contributed by atoms with Gasteiger partial charge in [0.05, 0.1) is 25.3 Å². The number of aryl methyl sites for hydroxylation is 1. The number of fused-ring (bicyclic) bond motifs is 3. The zero-order valence-electron chi connectivity index (χ0n) is 20.9. The molecule has 1 aliphatic heterocycles. The molecule has 0 saturated heterocycles. The van der Waals surface area contributed by atoms with Gasteiger partial charge in [-0.3, -0.25) is 9.59 Å². The molecule has 1 N–H and O–H groups in total. The number of methoxy groups -OCH3 is 1. The largest absolute Gasteiger partial charge is 0.497 e. The average Bonchev–Trinajstić information content (AvgIpc) is 3.36. The van der Waals surface area contributed by atoms with Crippen molar-refractivity contribution in [3.63, 3.8) is 0 Å². The Labute approximate surface area is 214 Å². The molecule has 2 amide bonds. The number of carbonyl (C=O) groups excluding carboxylic acids is 3. The number of nitrogens with zero attached hydrogens (tertiary/aromatic N) is 2. The lowest BCUT2D eigenvalue weighted by Gasteiger charge is -2.26. The lowest BCUT2D eigenvalue weighted by Crippen LogP contribution is -2.37. The fourth-order valence-corrected chi connectivity index (χ4v) is 4.92. The monoisotopic (exact) mass is 497 g/mol. The Hall–Kier alpha value is -4.59. The Balaban J connectivity index is 1.45. The molecule has 1 aromatic heterocycles. The normalized spacial score (nSPS) is 14.5. The van der Waals surface area contributed by atoms with E-state index in [4.69, 9.17) is 9.47 Å². The van der Waals surface area contributed by atoms with Crippen molar-refractivity contribution in [3.05, 3.63) is 95.2 Å². The first kappa shape index (κ1) is 24.1. The van der Waals surface area contributed by atoms with Crippen LogP contribution in [0.4, 0.5) is 5.69 Å². The van der Waals surface area contributed by atoms with Crippen LogP contribution in [-0.2, 0) is 16.6 Å². The van der Waals surface area contributed by atoms with Crippen molar-refractivity contribution in [1.29, 1.82) is 0 Å². The molecule has 0 saturated carbocycles. The Morgan fingerprint density at radius 2 is 1.68 bits per heavy atom. The molecule has 37 heavy (non-hydrogen) atoms. The predicted octanol–water partition coefficient (Wildman–Crippen LogP) is 4.55. The SMILES string of the molecule is CCOC(=O)c1ccc(NC(=O)CN2C(=O)c3c(c4ccccc4n3C)C2c2ccc(OC)cc2)cc1. The molecule has 3 aromatic carbocycles. The van der Waals surface area contributed by atoms with Crippen LogP contribution >= 0.6 is 0 Å². The number of anilines is 1. The quantitative estimate of drug-likeness (QED) is 0.379. The second-order valence-corrected chi connectivity index (χ2v) is 8.79. The molecule has 0 aliphatic carbocycles. The molecule has 8 heteroatoms. The van der Waals surface area contributed by atoms with E-state index in [2.05, 4.69) is 5.32 Å². The lowest BCUT2D eigenvalue weighted by atomic mass is 9.98. The van der Waals surface area contributed by atoms with Crippen molar-refractivity contribution in [2.24, 2.45) is 7.05 Å². The maximum atomic E-state index is 13.7. The number of carbonyl (C=O) groups is 3. The number of esters is 1. The van der Waals surface area contributed by atoms with Gasteiger partial charge in [0.15, 0.2) is 0 Å². The van der Waals surface area contributed by atoms with Crippen molar-refractivity contribution >= 4 is 34.4 Å². The van der Waals surface area contributed by atoms with Gasteiger partial charge in [0.25, 0.3) is 5.91 Å². The van der Waals surface area contributed by atoms with E-state index in [1.807, 2.05) is 60.1 Å². The maximum absolute atomic E-state index is 13.7. The van der Waals surface area contributed by atoms with E-state index < -0.39 is 12.0 Å². The van der Waals surface area contributed by atoms with Crippen molar-refractivity contribution in [2.75, 3.05) is 25.6 Å².